The molecule has 1 amide bonds. The molecule has 1 aromatic carbocycles. The van der Waals surface area contributed by atoms with E-state index in [-0.39, 0.29) is 11.4 Å². The maximum Gasteiger partial charge on any atom is 0.413 e. The lowest BCUT2D eigenvalue weighted by Crippen LogP contribution is -2.26. The molecule has 0 saturated heterocycles. The van der Waals surface area contributed by atoms with Crippen LogP contribution in [0, 0.1) is 10.1 Å². The van der Waals surface area contributed by atoms with Gasteiger partial charge in [-0.3, -0.25) is 15.0 Å². The topological polar surface area (TPSA) is 72.7 Å². The molecule has 0 unspecified atom stereocenters. The van der Waals surface area contributed by atoms with Crippen LogP contribution in [0.25, 0.3) is 0 Å². The molecule has 0 radical (unpaired) electrons. The number of nitro benzene ring substituents is 1. The highest BCUT2D eigenvalue weighted by Gasteiger charge is 2.20. The first kappa shape index (κ1) is 11.0. The molecule has 1 rings (SSSR count). The Morgan fingerprint density at radius 1 is 1.47 bits per heavy atom. The highest BCUT2D eigenvalue weighted by molar-refractivity contribution is 5.89. The van der Waals surface area contributed by atoms with Crippen LogP contribution < -0.4 is 4.90 Å². The molecule has 0 N–H and O–H groups in total. The summed E-state index contributed by atoms with van der Waals surface area (Å²) in [6.07, 6.45) is -0.649. The number of ether oxygens (including phenoxy) is 1. The van der Waals surface area contributed by atoms with Gasteiger partial charge in [-0.15, -0.1) is 0 Å². The third-order valence-electron chi connectivity index (χ3n) is 1.89. The Hall–Kier alpha value is -2.11. The van der Waals surface area contributed by atoms with Gasteiger partial charge in [0.25, 0.3) is 5.69 Å². The van der Waals surface area contributed by atoms with Crippen LogP contribution in [0.2, 0.25) is 0 Å². The van der Waals surface area contributed by atoms with Gasteiger partial charge in [-0.05, 0) is 6.07 Å². The number of carbonyl (C=O) groups is 1. The van der Waals surface area contributed by atoms with E-state index in [1.165, 1.54) is 32.4 Å². The minimum absolute atomic E-state index is 0.134. The number of carbonyl (C=O) groups excluding carboxylic acids is 1. The molecule has 0 aliphatic heterocycles. The van der Waals surface area contributed by atoms with Crippen LogP contribution in [0.15, 0.2) is 24.3 Å². The van der Waals surface area contributed by atoms with Crippen molar-refractivity contribution >= 4 is 17.5 Å². The molecule has 0 aliphatic carbocycles. The number of nitrogens with zero attached hydrogens (tertiary/aromatic N) is 2. The molecular weight excluding hydrogens is 200 g/mol. The average Bonchev–Trinajstić information content (AvgIpc) is 2.27. The number of para-hydroxylation sites is 2. The van der Waals surface area contributed by atoms with E-state index in [0.717, 1.165) is 4.90 Å². The normalized spacial score (nSPS) is 9.47. The number of anilines is 1. The number of nitro groups is 1. The number of hydrogen-bond acceptors (Lipinski definition) is 4. The van der Waals surface area contributed by atoms with Crippen LogP contribution in [-0.2, 0) is 4.74 Å². The molecule has 80 valence electrons. The molecule has 0 spiro atoms. The fourth-order valence-electron chi connectivity index (χ4n) is 1.14. The highest BCUT2D eigenvalue weighted by atomic mass is 16.6. The van der Waals surface area contributed by atoms with Crippen LogP contribution >= 0.6 is 0 Å². The summed E-state index contributed by atoms with van der Waals surface area (Å²) in [5.74, 6) is 0. The largest absolute Gasteiger partial charge is 0.452 e. The molecule has 6 heteroatoms. The molecule has 0 aliphatic rings. The first-order valence-corrected chi connectivity index (χ1v) is 4.13. The van der Waals surface area contributed by atoms with Gasteiger partial charge in [-0.2, -0.15) is 0 Å². The second kappa shape index (κ2) is 4.41. The number of hydrogen-bond donors (Lipinski definition) is 0. The van der Waals surface area contributed by atoms with Crippen molar-refractivity contribution in [1.29, 1.82) is 0 Å². The first-order valence-electron chi connectivity index (χ1n) is 4.13. The van der Waals surface area contributed by atoms with Crippen molar-refractivity contribution < 1.29 is 14.5 Å². The fraction of sp³-hybridized carbons (Fsp3) is 0.222. The SMILES string of the molecule is COC(=O)N(C)c1ccccc1[N+](=O)[O-]. The van der Waals surface area contributed by atoms with E-state index < -0.39 is 11.0 Å². The van der Waals surface area contributed by atoms with Crippen molar-refractivity contribution in [1.82, 2.24) is 0 Å². The molecule has 1 aromatic rings. The summed E-state index contributed by atoms with van der Waals surface area (Å²) in [6, 6.07) is 5.96. The van der Waals surface area contributed by atoms with E-state index in [9.17, 15) is 14.9 Å². The van der Waals surface area contributed by atoms with Crippen molar-refractivity contribution in [2.45, 2.75) is 0 Å². The lowest BCUT2D eigenvalue weighted by Gasteiger charge is -2.14. The standard InChI is InChI=1S/C9H10N2O4/c1-10(9(12)15-2)7-5-3-4-6-8(7)11(13)14/h3-6H,1-2H3. The molecule has 0 bridgehead atoms. The van der Waals surface area contributed by atoms with Crippen molar-refractivity contribution in [3.63, 3.8) is 0 Å². The Morgan fingerprint density at radius 3 is 2.60 bits per heavy atom. The van der Waals surface area contributed by atoms with Gasteiger partial charge < -0.3 is 4.74 Å². The zero-order chi connectivity index (χ0) is 11.4. The van der Waals surface area contributed by atoms with E-state index in [0.29, 0.717) is 0 Å². The number of rotatable bonds is 2. The van der Waals surface area contributed by atoms with Gasteiger partial charge in [0.05, 0.1) is 12.0 Å². The third-order valence-corrected chi connectivity index (χ3v) is 1.89. The summed E-state index contributed by atoms with van der Waals surface area (Å²) < 4.78 is 4.47. The molecular formula is C9H10N2O4. The van der Waals surface area contributed by atoms with Gasteiger partial charge >= 0.3 is 6.09 Å². The minimum atomic E-state index is -0.649. The van der Waals surface area contributed by atoms with Gasteiger partial charge in [-0.1, -0.05) is 12.1 Å². The molecule has 0 aromatic heterocycles. The summed E-state index contributed by atoms with van der Waals surface area (Å²) in [4.78, 5) is 22.4. The predicted molar refractivity (Wildman–Crippen MR) is 53.9 cm³/mol. The first-order chi connectivity index (χ1) is 7.07. The quantitative estimate of drug-likeness (QED) is 0.551. The number of amides is 1. The maximum atomic E-state index is 11.2. The Morgan fingerprint density at radius 2 is 2.07 bits per heavy atom. The van der Waals surface area contributed by atoms with Crippen molar-refractivity contribution in [3.05, 3.63) is 34.4 Å². The predicted octanol–water partition coefficient (Wildman–Crippen LogP) is 1.80. The zero-order valence-corrected chi connectivity index (χ0v) is 8.34. The van der Waals surface area contributed by atoms with Crippen LogP contribution in [-0.4, -0.2) is 25.2 Å². The highest BCUT2D eigenvalue weighted by Crippen LogP contribution is 2.26. The molecule has 6 nitrogen and oxygen atoms in total. The van der Waals surface area contributed by atoms with E-state index in [2.05, 4.69) is 4.74 Å². The molecule has 0 heterocycles. The second-order valence-corrected chi connectivity index (χ2v) is 2.77. The Bertz CT molecular complexity index is 391. The molecule has 0 saturated carbocycles. The maximum absolute atomic E-state index is 11.2. The number of benzene rings is 1. The lowest BCUT2D eigenvalue weighted by atomic mass is 10.2. The second-order valence-electron chi connectivity index (χ2n) is 2.77. The van der Waals surface area contributed by atoms with Gasteiger partial charge in [-0.25, -0.2) is 4.79 Å². The Balaban J connectivity index is 3.13. The fourth-order valence-corrected chi connectivity index (χ4v) is 1.14. The van der Waals surface area contributed by atoms with Crippen LogP contribution in [0.1, 0.15) is 0 Å². The Kier molecular flexibility index (Phi) is 3.22. The van der Waals surface area contributed by atoms with E-state index in [1.807, 2.05) is 0 Å². The monoisotopic (exact) mass is 210 g/mol. The van der Waals surface area contributed by atoms with Crippen molar-refractivity contribution in [3.8, 4) is 0 Å². The summed E-state index contributed by atoms with van der Waals surface area (Å²) in [6.45, 7) is 0. The molecule has 15 heavy (non-hydrogen) atoms. The summed E-state index contributed by atoms with van der Waals surface area (Å²) in [7, 11) is 2.63. The van der Waals surface area contributed by atoms with Crippen molar-refractivity contribution in [2.24, 2.45) is 0 Å². The van der Waals surface area contributed by atoms with E-state index in [1.54, 1.807) is 6.07 Å². The smallest absolute Gasteiger partial charge is 0.413 e. The zero-order valence-electron chi connectivity index (χ0n) is 8.34. The van der Waals surface area contributed by atoms with Gasteiger partial charge in [0.15, 0.2) is 0 Å². The van der Waals surface area contributed by atoms with E-state index in [4.69, 9.17) is 0 Å². The van der Waals surface area contributed by atoms with Crippen LogP contribution in [0.5, 0.6) is 0 Å². The van der Waals surface area contributed by atoms with Crippen LogP contribution in [0.4, 0.5) is 16.2 Å². The van der Waals surface area contributed by atoms with Crippen LogP contribution in [0.3, 0.4) is 0 Å². The summed E-state index contributed by atoms with van der Waals surface area (Å²) in [5, 5.41) is 10.7. The third kappa shape index (κ3) is 2.22. The van der Waals surface area contributed by atoms with Gasteiger partial charge in [0.1, 0.15) is 5.69 Å². The van der Waals surface area contributed by atoms with Crippen molar-refractivity contribution in [2.75, 3.05) is 19.1 Å². The van der Waals surface area contributed by atoms with Gasteiger partial charge in [0.2, 0.25) is 0 Å². The summed E-state index contributed by atoms with van der Waals surface area (Å²) in [5.41, 5.74) is 0.0692. The lowest BCUT2D eigenvalue weighted by molar-refractivity contribution is -0.384. The molecule has 0 fully saturated rings. The molecule has 0 atom stereocenters. The Labute approximate surface area is 86.2 Å². The van der Waals surface area contributed by atoms with E-state index >= 15 is 0 Å². The minimum Gasteiger partial charge on any atom is -0.452 e. The average molecular weight is 210 g/mol. The number of methoxy groups -OCH3 is 1. The summed E-state index contributed by atoms with van der Waals surface area (Å²) >= 11 is 0. The van der Waals surface area contributed by atoms with Gasteiger partial charge in [0, 0.05) is 13.1 Å².